The molecule has 0 N–H and O–H groups in total. The van der Waals surface area contributed by atoms with Crippen LogP contribution in [0.4, 0.5) is 13.2 Å². The lowest BCUT2D eigenvalue weighted by Crippen LogP contribution is -2.25. The quantitative estimate of drug-likeness (QED) is 0.252. The van der Waals surface area contributed by atoms with Crippen LogP contribution in [0.25, 0.3) is 22.0 Å². The fraction of sp³-hybridized carbons (Fsp3) is 0.290. The maximum atomic E-state index is 16.2. The maximum absolute atomic E-state index is 16.2. The summed E-state index contributed by atoms with van der Waals surface area (Å²) >= 11 is 0. The van der Waals surface area contributed by atoms with Crippen molar-refractivity contribution < 1.29 is 35.9 Å². The molecule has 0 atom stereocenters. The van der Waals surface area contributed by atoms with E-state index in [9.17, 15) is 18.0 Å². The average molecular weight is 613 g/mol. The van der Waals surface area contributed by atoms with Crippen molar-refractivity contribution in [3.8, 4) is 16.9 Å². The van der Waals surface area contributed by atoms with Gasteiger partial charge in [0.15, 0.2) is 5.75 Å². The summed E-state index contributed by atoms with van der Waals surface area (Å²) in [6.45, 7) is 2.56. The molecule has 0 spiro atoms. The van der Waals surface area contributed by atoms with Gasteiger partial charge in [-0.1, -0.05) is 17.7 Å². The lowest BCUT2D eigenvalue weighted by atomic mass is 9.95. The van der Waals surface area contributed by atoms with Crippen molar-refractivity contribution in [1.29, 1.82) is 0 Å². The van der Waals surface area contributed by atoms with Crippen LogP contribution in [-0.2, 0) is 27.8 Å². The average Bonchev–Trinajstić information content (AvgIpc) is 3.71. The van der Waals surface area contributed by atoms with Crippen LogP contribution in [0.2, 0.25) is 0 Å². The zero-order chi connectivity index (χ0) is 30.8. The Balaban J connectivity index is 1.52. The number of sulfonamides is 1. The molecule has 6 rings (SSSR count). The van der Waals surface area contributed by atoms with Crippen LogP contribution in [-0.4, -0.2) is 37.0 Å². The number of ether oxygens (including phenoxy) is 2. The normalized spacial score (nSPS) is 15.1. The molecule has 4 aromatic rings. The zero-order valence-corrected chi connectivity index (χ0v) is 24.4. The Labute approximate surface area is 245 Å². The number of aryl methyl sites for hydroxylation is 1. The molecule has 1 aliphatic carbocycles. The predicted molar refractivity (Wildman–Crippen MR) is 152 cm³/mol. The summed E-state index contributed by atoms with van der Waals surface area (Å²) in [7, 11) is -2.87. The third kappa shape index (κ3) is 4.69. The molecule has 0 bridgehead atoms. The number of benzene rings is 3. The van der Waals surface area contributed by atoms with Gasteiger partial charge in [-0.3, -0.25) is 4.79 Å². The summed E-state index contributed by atoms with van der Waals surface area (Å²) in [4.78, 5) is 25.8. The van der Waals surface area contributed by atoms with Gasteiger partial charge in [0.05, 0.1) is 35.1 Å². The highest BCUT2D eigenvalue weighted by atomic mass is 32.2. The Morgan fingerprint density at radius 2 is 1.70 bits per heavy atom. The number of hydrogen-bond acceptors (Lipinski definition) is 6. The van der Waals surface area contributed by atoms with E-state index < -0.39 is 63.1 Å². The van der Waals surface area contributed by atoms with Crippen molar-refractivity contribution in [2.75, 3.05) is 13.7 Å². The van der Waals surface area contributed by atoms with Gasteiger partial charge in [0, 0.05) is 42.0 Å². The van der Waals surface area contributed by atoms with Gasteiger partial charge >= 0.3 is 5.97 Å². The van der Waals surface area contributed by atoms with Gasteiger partial charge in [-0.15, -0.1) is 0 Å². The topological polar surface area (TPSA) is 94.9 Å². The SMILES string of the molecule is CCOC(=O)c1cn(C2CC2)c2c(OC)c(-c3cc(F)c4c(c3F)CN(S(=O)(=O)c3ccc(C)cc3)C4)c(F)cc2c1=O. The second kappa shape index (κ2) is 10.5. The highest BCUT2D eigenvalue weighted by Crippen LogP contribution is 2.46. The van der Waals surface area contributed by atoms with E-state index >= 15 is 13.2 Å². The predicted octanol–water partition coefficient (Wildman–Crippen LogP) is 5.62. The van der Waals surface area contributed by atoms with E-state index in [-0.39, 0.29) is 50.9 Å². The van der Waals surface area contributed by atoms with Crippen LogP contribution in [0.3, 0.4) is 0 Å². The highest BCUT2D eigenvalue weighted by molar-refractivity contribution is 7.89. The van der Waals surface area contributed by atoms with Gasteiger partial charge in [0.2, 0.25) is 15.5 Å². The Morgan fingerprint density at radius 1 is 1.02 bits per heavy atom. The first-order chi connectivity index (χ1) is 20.5. The van der Waals surface area contributed by atoms with Crippen LogP contribution in [0.1, 0.15) is 52.9 Å². The fourth-order valence-electron chi connectivity index (χ4n) is 5.57. The number of nitrogens with zero attached hydrogens (tertiary/aromatic N) is 2. The highest BCUT2D eigenvalue weighted by Gasteiger charge is 2.37. The molecule has 224 valence electrons. The first-order valence-corrected chi connectivity index (χ1v) is 15.1. The summed E-state index contributed by atoms with van der Waals surface area (Å²) in [6.07, 6.45) is 2.75. The molecule has 0 saturated heterocycles. The molecular weight excluding hydrogens is 585 g/mol. The number of aromatic nitrogens is 1. The number of fused-ring (bicyclic) bond motifs is 2. The van der Waals surface area contributed by atoms with Crippen LogP contribution >= 0.6 is 0 Å². The largest absolute Gasteiger partial charge is 0.494 e. The van der Waals surface area contributed by atoms with Crippen molar-refractivity contribution in [3.05, 3.63) is 92.5 Å². The van der Waals surface area contributed by atoms with E-state index in [4.69, 9.17) is 9.47 Å². The number of hydrogen-bond donors (Lipinski definition) is 0. The molecule has 2 heterocycles. The van der Waals surface area contributed by atoms with Crippen LogP contribution < -0.4 is 10.2 Å². The van der Waals surface area contributed by atoms with E-state index in [2.05, 4.69) is 0 Å². The molecule has 3 aromatic carbocycles. The van der Waals surface area contributed by atoms with Crippen molar-refractivity contribution in [1.82, 2.24) is 8.87 Å². The van der Waals surface area contributed by atoms with Crippen molar-refractivity contribution in [2.45, 2.75) is 50.7 Å². The van der Waals surface area contributed by atoms with E-state index in [0.717, 1.165) is 22.0 Å². The summed E-state index contributed by atoms with van der Waals surface area (Å²) in [6, 6.07) is 7.67. The molecule has 1 aromatic heterocycles. The van der Waals surface area contributed by atoms with Crippen LogP contribution in [0, 0.1) is 24.4 Å². The smallest absolute Gasteiger partial charge is 0.343 e. The molecule has 0 unspecified atom stereocenters. The van der Waals surface area contributed by atoms with E-state index in [1.807, 2.05) is 0 Å². The second-order valence-corrected chi connectivity index (χ2v) is 12.6. The lowest BCUT2D eigenvalue weighted by molar-refractivity contribution is 0.0524. The minimum atomic E-state index is -4.09. The first-order valence-electron chi connectivity index (χ1n) is 13.7. The number of pyridine rings is 1. The molecule has 8 nitrogen and oxygen atoms in total. The molecule has 0 amide bonds. The molecule has 2 aliphatic rings. The van der Waals surface area contributed by atoms with Crippen molar-refractivity contribution >= 4 is 26.9 Å². The second-order valence-electron chi connectivity index (χ2n) is 10.7. The van der Waals surface area contributed by atoms with Gasteiger partial charge in [-0.05, 0) is 51.0 Å². The Hall–Kier alpha value is -4.16. The molecule has 0 radical (unpaired) electrons. The minimum Gasteiger partial charge on any atom is -0.494 e. The molecule has 43 heavy (non-hydrogen) atoms. The third-order valence-corrected chi connectivity index (χ3v) is 9.69. The Kier molecular flexibility index (Phi) is 7.09. The first kappa shape index (κ1) is 28.9. The molecule has 12 heteroatoms. The van der Waals surface area contributed by atoms with Crippen molar-refractivity contribution in [2.24, 2.45) is 0 Å². The Morgan fingerprint density at radius 3 is 2.33 bits per heavy atom. The number of carbonyl (C=O) groups excluding carboxylic acids is 1. The molecule has 1 aliphatic heterocycles. The number of halogens is 3. The van der Waals surface area contributed by atoms with Crippen molar-refractivity contribution in [3.63, 3.8) is 0 Å². The number of esters is 1. The van der Waals surface area contributed by atoms with Gasteiger partial charge in [-0.25, -0.2) is 26.4 Å². The van der Waals surface area contributed by atoms with Crippen LogP contribution in [0.15, 0.2) is 52.3 Å². The number of methoxy groups -OCH3 is 1. The van der Waals surface area contributed by atoms with E-state index in [1.54, 1.807) is 30.5 Å². The van der Waals surface area contributed by atoms with Gasteiger partial charge in [-0.2, -0.15) is 4.31 Å². The summed E-state index contributed by atoms with van der Waals surface area (Å²) in [5, 5.41) is -0.173. The summed E-state index contributed by atoms with van der Waals surface area (Å²) in [5.74, 6) is -4.06. The number of rotatable bonds is 7. The van der Waals surface area contributed by atoms with Gasteiger partial charge < -0.3 is 14.0 Å². The lowest BCUT2D eigenvalue weighted by Gasteiger charge is -2.19. The summed E-state index contributed by atoms with van der Waals surface area (Å²) < 4.78 is 87.4. The van der Waals surface area contributed by atoms with E-state index in [1.165, 1.54) is 25.4 Å². The maximum Gasteiger partial charge on any atom is 0.343 e. The molecule has 1 fully saturated rings. The third-order valence-electron chi connectivity index (χ3n) is 7.88. The Bertz CT molecular complexity index is 1990. The molecule has 1 saturated carbocycles. The van der Waals surface area contributed by atoms with Gasteiger partial charge in [0.25, 0.3) is 0 Å². The number of carbonyl (C=O) groups is 1. The van der Waals surface area contributed by atoms with Crippen LogP contribution in [0.5, 0.6) is 5.75 Å². The standard InChI is InChI=1S/C31H27F3N2O6S/c1-4-42-31(38)23-15-36(17-7-8-17)28-20(29(23)37)12-25(33)26(30(28)41-3)19-11-24(32)21-13-35(14-22(21)27(19)34)43(39,40)18-9-5-16(2)6-10-18/h5-6,9-12,15,17H,4,7-8,13-14H2,1-3H3. The molecular formula is C31H27F3N2O6S. The summed E-state index contributed by atoms with van der Waals surface area (Å²) in [5.41, 5.74) is -1.36. The fourth-order valence-corrected chi connectivity index (χ4v) is 6.95. The zero-order valence-electron chi connectivity index (χ0n) is 23.5. The van der Waals surface area contributed by atoms with Gasteiger partial charge in [0.1, 0.15) is 23.0 Å². The minimum absolute atomic E-state index is 0.0191. The van der Waals surface area contributed by atoms with E-state index in [0.29, 0.717) is 12.8 Å². The monoisotopic (exact) mass is 612 g/mol.